The van der Waals surface area contributed by atoms with Crippen molar-refractivity contribution < 1.29 is 42.5 Å². The van der Waals surface area contributed by atoms with E-state index in [4.69, 9.17) is 0 Å². The molecule has 7 heteroatoms. The van der Waals surface area contributed by atoms with Crippen molar-refractivity contribution in [2.45, 2.75) is 11.8 Å². The third kappa shape index (κ3) is 2.77. The van der Waals surface area contributed by atoms with Crippen LogP contribution >= 0.6 is 11.3 Å². The van der Waals surface area contributed by atoms with Crippen LogP contribution in [-0.4, -0.2) is 18.0 Å². The van der Waals surface area contributed by atoms with Crippen molar-refractivity contribution in [2.24, 2.45) is 0 Å². The summed E-state index contributed by atoms with van der Waals surface area (Å²) in [6, 6.07) is 4.19. The Morgan fingerprint density at radius 2 is 2.07 bits per heavy atom. The molecule has 2 aromatic rings. The third-order valence-electron chi connectivity index (χ3n) is 1.76. The summed E-state index contributed by atoms with van der Waals surface area (Å²) in [6.45, 7) is 1.83. The molecular formula is C8H6NNaO3S2. The minimum Gasteiger partial charge on any atom is -0.744 e. The van der Waals surface area contributed by atoms with E-state index < -0.39 is 10.1 Å². The summed E-state index contributed by atoms with van der Waals surface area (Å²) in [5.41, 5.74) is 0.722. The van der Waals surface area contributed by atoms with Crippen LogP contribution in [0.3, 0.4) is 0 Å². The molecule has 4 nitrogen and oxygen atoms in total. The van der Waals surface area contributed by atoms with Gasteiger partial charge >= 0.3 is 29.6 Å². The molecule has 0 unspecified atom stereocenters. The number of hydrogen-bond donors (Lipinski definition) is 0. The molecule has 0 fully saturated rings. The van der Waals surface area contributed by atoms with Gasteiger partial charge in [-0.2, -0.15) is 0 Å². The van der Waals surface area contributed by atoms with Gasteiger partial charge in [-0.3, -0.25) is 0 Å². The molecule has 1 aromatic heterocycles. The van der Waals surface area contributed by atoms with Gasteiger partial charge in [0, 0.05) is 0 Å². The zero-order valence-electron chi connectivity index (χ0n) is 8.22. The number of fused-ring (bicyclic) bond motifs is 1. The molecule has 0 bridgehead atoms. The molecule has 0 amide bonds. The minimum absolute atomic E-state index is 0. The molecule has 1 heterocycles. The first-order chi connectivity index (χ1) is 6.47. The second-order valence-electron chi connectivity index (χ2n) is 2.82. The fourth-order valence-electron chi connectivity index (χ4n) is 1.18. The van der Waals surface area contributed by atoms with Crippen LogP contribution in [-0.2, 0) is 10.1 Å². The predicted molar refractivity (Wildman–Crippen MR) is 52.3 cm³/mol. The maximum atomic E-state index is 10.7. The van der Waals surface area contributed by atoms with Crippen LogP contribution in [0, 0.1) is 6.92 Å². The first-order valence-electron chi connectivity index (χ1n) is 3.80. The Balaban J connectivity index is 0.00000112. The molecule has 1 aromatic carbocycles. The van der Waals surface area contributed by atoms with Crippen LogP contribution in [0.25, 0.3) is 10.2 Å². The number of benzene rings is 1. The van der Waals surface area contributed by atoms with E-state index in [1.54, 1.807) is 6.07 Å². The van der Waals surface area contributed by atoms with Crippen molar-refractivity contribution in [1.82, 2.24) is 4.98 Å². The summed E-state index contributed by atoms with van der Waals surface area (Å²) in [6.07, 6.45) is 0. The van der Waals surface area contributed by atoms with Crippen LogP contribution in [0.15, 0.2) is 23.1 Å². The van der Waals surface area contributed by atoms with Crippen LogP contribution in [0.4, 0.5) is 0 Å². The summed E-state index contributed by atoms with van der Waals surface area (Å²) in [5, 5.41) is 0.848. The van der Waals surface area contributed by atoms with Gasteiger partial charge in [0.15, 0.2) is 0 Å². The molecular weight excluding hydrogens is 245 g/mol. The maximum absolute atomic E-state index is 10.7. The van der Waals surface area contributed by atoms with Crippen LogP contribution in [0.5, 0.6) is 0 Å². The molecule has 74 valence electrons. The van der Waals surface area contributed by atoms with E-state index in [0.29, 0.717) is 0 Å². The molecule has 15 heavy (non-hydrogen) atoms. The SMILES string of the molecule is Cc1nc2ccc(S(=O)(=O)[O-])cc2s1.[Na+]. The Morgan fingerprint density at radius 3 is 2.67 bits per heavy atom. The van der Waals surface area contributed by atoms with Gasteiger partial charge in [0.2, 0.25) is 0 Å². The Morgan fingerprint density at radius 1 is 1.40 bits per heavy atom. The predicted octanol–water partition coefficient (Wildman–Crippen LogP) is -1.49. The summed E-state index contributed by atoms with van der Waals surface area (Å²) in [4.78, 5) is 3.96. The van der Waals surface area contributed by atoms with E-state index >= 15 is 0 Å². The Hall–Kier alpha value is 0.0200. The van der Waals surface area contributed by atoms with Gasteiger partial charge in [-0.25, -0.2) is 13.4 Å². The topological polar surface area (TPSA) is 70.1 Å². The third-order valence-corrected chi connectivity index (χ3v) is 3.52. The van der Waals surface area contributed by atoms with Gasteiger partial charge in [-0.05, 0) is 25.1 Å². The van der Waals surface area contributed by atoms with Crippen molar-refractivity contribution in [3.05, 3.63) is 23.2 Å². The number of hydrogen-bond acceptors (Lipinski definition) is 5. The van der Waals surface area contributed by atoms with E-state index in [2.05, 4.69) is 4.98 Å². The molecule has 0 spiro atoms. The summed E-state index contributed by atoms with van der Waals surface area (Å²) in [7, 11) is -4.36. The Bertz CT molecular complexity index is 591. The van der Waals surface area contributed by atoms with Gasteiger partial charge in [0.05, 0.1) is 20.1 Å². The quantitative estimate of drug-likeness (QED) is 0.457. The van der Waals surface area contributed by atoms with Crippen LogP contribution in [0.1, 0.15) is 5.01 Å². The first kappa shape index (κ1) is 13.1. The van der Waals surface area contributed by atoms with E-state index in [0.717, 1.165) is 15.2 Å². The van der Waals surface area contributed by atoms with Crippen LogP contribution < -0.4 is 29.6 Å². The minimum atomic E-state index is -4.36. The average molecular weight is 251 g/mol. The van der Waals surface area contributed by atoms with Crippen molar-refractivity contribution in [3.8, 4) is 0 Å². The number of aryl methyl sites for hydroxylation is 1. The summed E-state index contributed by atoms with van der Waals surface area (Å²) < 4.78 is 32.9. The summed E-state index contributed by atoms with van der Waals surface area (Å²) >= 11 is 1.37. The first-order valence-corrected chi connectivity index (χ1v) is 6.02. The summed E-state index contributed by atoms with van der Waals surface area (Å²) in [5.74, 6) is 0. The zero-order valence-corrected chi connectivity index (χ0v) is 11.9. The number of nitrogens with zero attached hydrogens (tertiary/aromatic N) is 1. The molecule has 0 radical (unpaired) electrons. The molecule has 0 saturated carbocycles. The van der Waals surface area contributed by atoms with E-state index in [1.807, 2.05) is 6.92 Å². The Kier molecular flexibility index (Phi) is 3.91. The molecule has 2 rings (SSSR count). The molecule has 0 aliphatic heterocycles. The number of aromatic nitrogens is 1. The smallest absolute Gasteiger partial charge is 0.744 e. The standard InChI is InChI=1S/C8H7NO3S2.Na/c1-5-9-7-3-2-6(14(10,11)12)4-8(7)13-5;/h2-4H,1H3,(H,10,11,12);/q;+1/p-1. The molecule has 0 saturated heterocycles. The van der Waals surface area contributed by atoms with Gasteiger partial charge in [0.25, 0.3) is 0 Å². The fourth-order valence-corrected chi connectivity index (χ4v) is 2.61. The monoisotopic (exact) mass is 251 g/mol. The van der Waals surface area contributed by atoms with Gasteiger partial charge in [-0.15, -0.1) is 11.3 Å². The van der Waals surface area contributed by atoms with Crippen molar-refractivity contribution >= 4 is 31.7 Å². The van der Waals surface area contributed by atoms with Crippen LogP contribution in [0.2, 0.25) is 0 Å². The Labute approximate surface area is 113 Å². The molecule has 0 aliphatic rings. The van der Waals surface area contributed by atoms with Gasteiger partial charge in [0.1, 0.15) is 10.1 Å². The molecule has 0 aliphatic carbocycles. The average Bonchev–Trinajstić information content (AvgIpc) is 2.41. The van der Waals surface area contributed by atoms with E-state index in [1.165, 1.54) is 23.5 Å². The fraction of sp³-hybridized carbons (Fsp3) is 0.125. The van der Waals surface area contributed by atoms with Gasteiger partial charge in [-0.1, -0.05) is 0 Å². The second-order valence-corrected chi connectivity index (χ2v) is 5.43. The maximum Gasteiger partial charge on any atom is 1.00 e. The number of rotatable bonds is 1. The zero-order chi connectivity index (χ0) is 10.3. The van der Waals surface area contributed by atoms with Crippen molar-refractivity contribution in [2.75, 3.05) is 0 Å². The van der Waals surface area contributed by atoms with E-state index in [9.17, 15) is 13.0 Å². The van der Waals surface area contributed by atoms with Gasteiger partial charge < -0.3 is 4.55 Å². The normalized spacial score (nSPS) is 11.3. The largest absolute Gasteiger partial charge is 1.00 e. The molecule has 0 atom stereocenters. The van der Waals surface area contributed by atoms with Crippen molar-refractivity contribution in [3.63, 3.8) is 0 Å². The van der Waals surface area contributed by atoms with E-state index in [-0.39, 0.29) is 34.5 Å². The number of thiazole rings is 1. The molecule has 0 N–H and O–H groups in total. The second kappa shape index (κ2) is 4.48. The van der Waals surface area contributed by atoms with Crippen molar-refractivity contribution in [1.29, 1.82) is 0 Å².